The van der Waals surface area contributed by atoms with Gasteiger partial charge in [0.2, 0.25) is 0 Å². The Labute approximate surface area is 193 Å². The number of nitrogens with one attached hydrogen (secondary N) is 1. The van der Waals surface area contributed by atoms with Crippen LogP contribution < -0.4 is 15.0 Å². The number of nitrogens with zero attached hydrogens (tertiary/aromatic N) is 1. The molecular weight excluding hydrogens is 424 g/mol. The molecule has 0 radical (unpaired) electrons. The van der Waals surface area contributed by atoms with Crippen LogP contribution in [-0.2, 0) is 4.74 Å². The minimum absolute atomic E-state index is 0.203. The van der Waals surface area contributed by atoms with Crippen LogP contribution >= 0.6 is 12.2 Å². The van der Waals surface area contributed by atoms with Crippen molar-refractivity contribution in [1.29, 1.82) is 0 Å². The van der Waals surface area contributed by atoms with Gasteiger partial charge in [-0.3, -0.25) is 0 Å². The van der Waals surface area contributed by atoms with E-state index in [1.807, 2.05) is 48.2 Å². The Bertz CT molecular complexity index is 1060. The summed E-state index contributed by atoms with van der Waals surface area (Å²) in [6.45, 7) is 6.07. The standard InChI is InChI=1S/C25H26N2O4S/c1-17(2)16-22(23-6-5-15-31-23)27(20-11-13-21(29-3)14-12-20)25(32)26-19-9-7-18(8-10-19)24(28)30-4/h5-15,22H,1,16H2,2-4H3,(H,26,32)/t22-/m1/s1. The summed E-state index contributed by atoms with van der Waals surface area (Å²) in [6, 6.07) is 18.2. The number of methoxy groups -OCH3 is 2. The van der Waals surface area contributed by atoms with Gasteiger partial charge in [0.15, 0.2) is 5.11 Å². The molecule has 1 atom stereocenters. The van der Waals surface area contributed by atoms with E-state index in [1.165, 1.54) is 7.11 Å². The first kappa shape index (κ1) is 23.1. The highest BCUT2D eigenvalue weighted by atomic mass is 32.1. The summed E-state index contributed by atoms with van der Waals surface area (Å²) in [4.78, 5) is 13.7. The molecule has 0 spiro atoms. The van der Waals surface area contributed by atoms with Crippen LogP contribution in [0.2, 0.25) is 0 Å². The molecule has 166 valence electrons. The van der Waals surface area contributed by atoms with Gasteiger partial charge in [-0.15, -0.1) is 6.58 Å². The molecule has 0 saturated heterocycles. The number of thiocarbonyl (C=S) groups is 1. The van der Waals surface area contributed by atoms with Gasteiger partial charge >= 0.3 is 5.97 Å². The third-order valence-corrected chi connectivity index (χ3v) is 5.15. The average molecular weight is 451 g/mol. The normalized spacial score (nSPS) is 11.3. The fourth-order valence-electron chi connectivity index (χ4n) is 3.30. The molecule has 0 unspecified atom stereocenters. The maximum Gasteiger partial charge on any atom is 0.337 e. The highest BCUT2D eigenvalue weighted by molar-refractivity contribution is 7.80. The predicted molar refractivity (Wildman–Crippen MR) is 130 cm³/mol. The van der Waals surface area contributed by atoms with Crippen LogP contribution in [0, 0.1) is 0 Å². The number of carbonyl (C=O) groups excluding carboxylic acids is 1. The lowest BCUT2D eigenvalue weighted by Gasteiger charge is -2.33. The molecule has 2 aromatic carbocycles. The summed E-state index contributed by atoms with van der Waals surface area (Å²) in [6.07, 6.45) is 2.29. The van der Waals surface area contributed by atoms with Crippen molar-refractivity contribution in [3.8, 4) is 5.75 Å². The van der Waals surface area contributed by atoms with E-state index in [0.717, 1.165) is 28.5 Å². The van der Waals surface area contributed by atoms with E-state index < -0.39 is 5.97 Å². The first-order valence-electron chi connectivity index (χ1n) is 10.0. The van der Waals surface area contributed by atoms with E-state index in [2.05, 4.69) is 11.9 Å². The highest BCUT2D eigenvalue weighted by Gasteiger charge is 2.27. The Morgan fingerprint density at radius 3 is 2.34 bits per heavy atom. The van der Waals surface area contributed by atoms with Crippen LogP contribution in [0.25, 0.3) is 0 Å². The number of esters is 1. The molecule has 3 aromatic rings. The SMILES string of the molecule is C=C(C)C[C@H](c1ccco1)N(C(=S)Nc1ccc(C(=O)OC)cc1)c1ccc(OC)cc1. The molecule has 0 bridgehead atoms. The maximum atomic E-state index is 11.7. The van der Waals surface area contributed by atoms with Crippen LogP contribution in [0.1, 0.15) is 35.5 Å². The van der Waals surface area contributed by atoms with E-state index in [1.54, 1.807) is 37.6 Å². The molecule has 7 heteroatoms. The van der Waals surface area contributed by atoms with Gasteiger partial charge in [-0.25, -0.2) is 4.79 Å². The van der Waals surface area contributed by atoms with E-state index in [0.29, 0.717) is 17.1 Å². The summed E-state index contributed by atoms with van der Waals surface area (Å²) < 4.78 is 15.8. The van der Waals surface area contributed by atoms with Crippen LogP contribution in [0.4, 0.5) is 11.4 Å². The number of ether oxygens (including phenoxy) is 2. The predicted octanol–water partition coefficient (Wildman–Crippen LogP) is 5.99. The van der Waals surface area contributed by atoms with Crippen molar-refractivity contribution in [3.63, 3.8) is 0 Å². The highest BCUT2D eigenvalue weighted by Crippen LogP contribution is 2.34. The van der Waals surface area contributed by atoms with E-state index in [-0.39, 0.29) is 6.04 Å². The molecule has 0 aliphatic heterocycles. The van der Waals surface area contributed by atoms with Crippen molar-refractivity contribution in [2.45, 2.75) is 19.4 Å². The van der Waals surface area contributed by atoms with Gasteiger partial charge in [0.25, 0.3) is 0 Å². The maximum absolute atomic E-state index is 11.7. The molecular formula is C25H26N2O4S. The van der Waals surface area contributed by atoms with Gasteiger partial charge in [-0.2, -0.15) is 0 Å². The average Bonchev–Trinajstić information content (AvgIpc) is 3.33. The van der Waals surface area contributed by atoms with Crippen LogP contribution in [0.3, 0.4) is 0 Å². The third-order valence-electron chi connectivity index (χ3n) is 4.85. The molecule has 0 fully saturated rings. The second kappa shape index (κ2) is 10.6. The number of rotatable bonds is 8. The molecule has 0 amide bonds. The smallest absolute Gasteiger partial charge is 0.337 e. The fraction of sp³-hybridized carbons (Fsp3) is 0.200. The van der Waals surface area contributed by atoms with Gasteiger partial charge in [0.1, 0.15) is 11.5 Å². The van der Waals surface area contributed by atoms with Crippen LogP contribution in [-0.4, -0.2) is 25.3 Å². The number of hydrogen-bond acceptors (Lipinski definition) is 5. The van der Waals surface area contributed by atoms with Crippen molar-refractivity contribution in [1.82, 2.24) is 0 Å². The first-order valence-corrected chi connectivity index (χ1v) is 10.4. The summed E-state index contributed by atoms with van der Waals surface area (Å²) in [5.74, 6) is 1.13. The monoisotopic (exact) mass is 450 g/mol. The van der Waals surface area contributed by atoms with Crippen molar-refractivity contribution < 1.29 is 18.7 Å². The van der Waals surface area contributed by atoms with E-state index in [4.69, 9.17) is 26.1 Å². The van der Waals surface area contributed by atoms with Crippen LogP contribution in [0.5, 0.6) is 5.75 Å². The van der Waals surface area contributed by atoms with E-state index in [9.17, 15) is 4.79 Å². The number of benzene rings is 2. The second-order valence-corrected chi connectivity index (χ2v) is 7.65. The Kier molecular flexibility index (Phi) is 7.68. The van der Waals surface area contributed by atoms with Gasteiger partial charge in [-0.05, 0) is 86.2 Å². The Morgan fingerprint density at radius 1 is 1.12 bits per heavy atom. The lowest BCUT2D eigenvalue weighted by molar-refractivity contribution is 0.0601. The zero-order valence-electron chi connectivity index (χ0n) is 18.3. The number of anilines is 2. The second-order valence-electron chi connectivity index (χ2n) is 7.26. The number of carbonyl (C=O) groups is 1. The molecule has 0 aliphatic carbocycles. The number of furan rings is 1. The topological polar surface area (TPSA) is 63.9 Å². The molecule has 0 aliphatic rings. The first-order chi connectivity index (χ1) is 15.4. The Hall–Kier alpha value is -3.58. The van der Waals surface area contributed by atoms with Crippen molar-refractivity contribution in [3.05, 3.63) is 90.4 Å². The van der Waals surface area contributed by atoms with Gasteiger partial charge in [0.05, 0.1) is 32.1 Å². The van der Waals surface area contributed by atoms with Gasteiger partial charge < -0.3 is 24.1 Å². The van der Waals surface area contributed by atoms with Gasteiger partial charge in [-0.1, -0.05) is 5.57 Å². The van der Waals surface area contributed by atoms with Crippen molar-refractivity contribution in [2.75, 3.05) is 24.4 Å². The molecule has 0 saturated carbocycles. The summed E-state index contributed by atoms with van der Waals surface area (Å²) in [7, 11) is 2.98. The minimum Gasteiger partial charge on any atom is -0.497 e. The van der Waals surface area contributed by atoms with Crippen molar-refractivity contribution >= 4 is 34.7 Å². The quantitative estimate of drug-likeness (QED) is 0.257. The zero-order chi connectivity index (χ0) is 23.1. The molecule has 1 heterocycles. The summed E-state index contributed by atoms with van der Waals surface area (Å²) in [5, 5.41) is 3.75. The fourth-order valence-corrected chi connectivity index (χ4v) is 3.65. The summed E-state index contributed by atoms with van der Waals surface area (Å²) in [5.41, 5.74) is 3.08. The Morgan fingerprint density at radius 2 is 1.81 bits per heavy atom. The Balaban J connectivity index is 1.95. The lowest BCUT2D eigenvalue weighted by atomic mass is 10.0. The lowest BCUT2D eigenvalue weighted by Crippen LogP contribution is -2.38. The number of hydrogen-bond donors (Lipinski definition) is 1. The summed E-state index contributed by atoms with van der Waals surface area (Å²) >= 11 is 5.83. The molecule has 3 rings (SSSR count). The van der Waals surface area contributed by atoms with E-state index >= 15 is 0 Å². The molecule has 1 aromatic heterocycles. The molecule has 6 nitrogen and oxygen atoms in total. The van der Waals surface area contributed by atoms with Crippen molar-refractivity contribution in [2.24, 2.45) is 0 Å². The third kappa shape index (κ3) is 5.56. The zero-order valence-corrected chi connectivity index (χ0v) is 19.1. The molecule has 1 N–H and O–H groups in total. The minimum atomic E-state index is -0.390. The molecule has 32 heavy (non-hydrogen) atoms. The largest absolute Gasteiger partial charge is 0.497 e. The van der Waals surface area contributed by atoms with Crippen LogP contribution in [0.15, 0.2) is 83.5 Å². The van der Waals surface area contributed by atoms with Gasteiger partial charge in [0, 0.05) is 11.4 Å².